The van der Waals surface area contributed by atoms with Gasteiger partial charge >= 0.3 is 0 Å². The second kappa shape index (κ2) is 7.84. The average Bonchev–Trinajstić information content (AvgIpc) is 3.76. The van der Waals surface area contributed by atoms with Crippen LogP contribution in [-0.2, 0) is 4.79 Å². The van der Waals surface area contributed by atoms with Gasteiger partial charge in [0.05, 0.1) is 11.3 Å². The lowest BCUT2D eigenvalue weighted by molar-refractivity contribution is -0.134. The number of piperazine rings is 1. The first-order valence-electron chi connectivity index (χ1n) is 12.0. The number of nitriles is 1. The Balaban J connectivity index is 1.39. The van der Waals surface area contributed by atoms with Crippen LogP contribution < -0.4 is 4.90 Å². The van der Waals surface area contributed by atoms with Crippen molar-refractivity contribution in [3.05, 3.63) is 54.0 Å². The molecule has 6 nitrogen and oxygen atoms in total. The number of rotatable bonds is 4. The van der Waals surface area contributed by atoms with Crippen molar-refractivity contribution in [2.75, 3.05) is 24.5 Å². The maximum atomic E-state index is 12.6. The first-order valence-corrected chi connectivity index (χ1v) is 12.0. The van der Waals surface area contributed by atoms with E-state index in [4.69, 9.17) is 4.98 Å². The highest BCUT2D eigenvalue weighted by molar-refractivity contribution is 5.97. The quantitative estimate of drug-likeness (QED) is 0.601. The van der Waals surface area contributed by atoms with Crippen molar-refractivity contribution < 1.29 is 4.79 Å². The largest absolute Gasteiger partial charge is 0.352 e. The van der Waals surface area contributed by atoms with E-state index in [2.05, 4.69) is 35.0 Å². The molecule has 0 radical (unpaired) electrons. The van der Waals surface area contributed by atoms with Crippen LogP contribution in [0.15, 0.2) is 42.7 Å². The summed E-state index contributed by atoms with van der Waals surface area (Å²) in [5.74, 6) is 1.76. The molecular weight excluding hydrogens is 410 g/mol. The zero-order valence-electron chi connectivity index (χ0n) is 18.9. The van der Waals surface area contributed by atoms with E-state index in [1.165, 1.54) is 0 Å². The lowest BCUT2D eigenvalue weighted by Gasteiger charge is -2.41. The van der Waals surface area contributed by atoms with E-state index < -0.39 is 0 Å². The van der Waals surface area contributed by atoms with Crippen LogP contribution in [0, 0.1) is 17.2 Å². The SMILES string of the molecule is CC1CN(c2nc(C3CC3)c(-c3cccc4cnccc34)cc2C#N)CCN1C(=O)C1CC1. The van der Waals surface area contributed by atoms with E-state index in [1.54, 1.807) is 0 Å². The van der Waals surface area contributed by atoms with Crippen LogP contribution in [0.1, 0.15) is 49.8 Å². The van der Waals surface area contributed by atoms with Crippen molar-refractivity contribution in [1.29, 1.82) is 5.26 Å². The van der Waals surface area contributed by atoms with Gasteiger partial charge in [-0.3, -0.25) is 9.78 Å². The van der Waals surface area contributed by atoms with Crippen LogP contribution in [0.25, 0.3) is 21.9 Å². The Morgan fingerprint density at radius 3 is 2.70 bits per heavy atom. The van der Waals surface area contributed by atoms with Crippen molar-refractivity contribution in [1.82, 2.24) is 14.9 Å². The summed E-state index contributed by atoms with van der Waals surface area (Å²) in [6.07, 6.45) is 8.03. The smallest absolute Gasteiger partial charge is 0.226 e. The molecule has 6 rings (SSSR count). The maximum Gasteiger partial charge on any atom is 0.226 e. The molecule has 0 bridgehead atoms. The number of anilines is 1. The summed E-state index contributed by atoms with van der Waals surface area (Å²) in [5, 5.41) is 12.3. The van der Waals surface area contributed by atoms with E-state index in [0.29, 0.717) is 37.0 Å². The van der Waals surface area contributed by atoms with Crippen molar-refractivity contribution in [3.8, 4) is 17.2 Å². The monoisotopic (exact) mass is 437 g/mol. The molecule has 1 aromatic carbocycles. The van der Waals surface area contributed by atoms with E-state index in [9.17, 15) is 10.1 Å². The fourth-order valence-corrected chi connectivity index (χ4v) is 5.12. The van der Waals surface area contributed by atoms with Crippen molar-refractivity contribution in [3.63, 3.8) is 0 Å². The highest BCUT2D eigenvalue weighted by Gasteiger charge is 2.38. The van der Waals surface area contributed by atoms with E-state index in [1.807, 2.05) is 35.5 Å². The van der Waals surface area contributed by atoms with Gasteiger partial charge in [0, 0.05) is 60.9 Å². The predicted octanol–water partition coefficient (Wildman–Crippen LogP) is 4.49. The first-order chi connectivity index (χ1) is 16.1. The Hall–Kier alpha value is -3.46. The molecule has 1 aliphatic heterocycles. The summed E-state index contributed by atoms with van der Waals surface area (Å²) >= 11 is 0. The van der Waals surface area contributed by atoms with Crippen molar-refractivity contribution >= 4 is 22.5 Å². The summed E-state index contributed by atoms with van der Waals surface area (Å²) in [6, 6.07) is 12.9. The van der Waals surface area contributed by atoms with Gasteiger partial charge in [0.15, 0.2) is 0 Å². The number of hydrogen-bond donors (Lipinski definition) is 0. The molecule has 1 amide bonds. The first kappa shape index (κ1) is 20.2. The maximum absolute atomic E-state index is 12.6. The molecule has 0 spiro atoms. The number of amides is 1. The van der Waals surface area contributed by atoms with Gasteiger partial charge in [0.25, 0.3) is 0 Å². The summed E-state index contributed by atoms with van der Waals surface area (Å²) in [7, 11) is 0. The molecule has 6 heteroatoms. The summed E-state index contributed by atoms with van der Waals surface area (Å²) in [4.78, 5) is 26.3. The van der Waals surface area contributed by atoms with E-state index >= 15 is 0 Å². The minimum Gasteiger partial charge on any atom is -0.352 e. The number of aromatic nitrogens is 2. The van der Waals surface area contributed by atoms with Crippen molar-refractivity contribution in [2.24, 2.45) is 5.92 Å². The highest BCUT2D eigenvalue weighted by Crippen LogP contribution is 2.46. The molecule has 1 unspecified atom stereocenters. The van der Waals surface area contributed by atoms with Gasteiger partial charge in [-0.05, 0) is 55.7 Å². The van der Waals surface area contributed by atoms with Gasteiger partial charge in [0.1, 0.15) is 11.9 Å². The normalized spacial score (nSPS) is 20.7. The van der Waals surface area contributed by atoms with Gasteiger partial charge in [-0.25, -0.2) is 4.98 Å². The number of carbonyl (C=O) groups excluding carboxylic acids is 1. The van der Waals surface area contributed by atoms with E-state index in [0.717, 1.165) is 59.1 Å². The lowest BCUT2D eigenvalue weighted by atomic mass is 9.95. The predicted molar refractivity (Wildman–Crippen MR) is 128 cm³/mol. The molecular formula is C27H27N5O. The molecule has 2 aromatic heterocycles. The van der Waals surface area contributed by atoms with Gasteiger partial charge in [-0.1, -0.05) is 18.2 Å². The zero-order chi connectivity index (χ0) is 22.5. The molecule has 1 atom stereocenters. The molecule has 3 aromatic rings. The van der Waals surface area contributed by atoms with Gasteiger partial charge < -0.3 is 9.80 Å². The van der Waals surface area contributed by atoms with Crippen molar-refractivity contribution in [2.45, 2.75) is 44.6 Å². The van der Waals surface area contributed by atoms with Crippen LogP contribution in [0.5, 0.6) is 0 Å². The Morgan fingerprint density at radius 1 is 1.12 bits per heavy atom. The molecule has 3 heterocycles. The molecule has 33 heavy (non-hydrogen) atoms. The summed E-state index contributed by atoms with van der Waals surface area (Å²) < 4.78 is 0. The minimum atomic E-state index is 0.120. The second-order valence-electron chi connectivity index (χ2n) is 9.68. The van der Waals surface area contributed by atoms with Crippen LogP contribution in [0.2, 0.25) is 0 Å². The summed E-state index contributed by atoms with van der Waals surface area (Å²) in [6.45, 7) is 4.23. The highest BCUT2D eigenvalue weighted by atomic mass is 16.2. The number of carbonyl (C=O) groups is 1. The van der Waals surface area contributed by atoms with Gasteiger partial charge in [0.2, 0.25) is 5.91 Å². The third-order valence-corrected chi connectivity index (χ3v) is 7.22. The van der Waals surface area contributed by atoms with Crippen LogP contribution in [0.4, 0.5) is 5.82 Å². The molecule has 0 N–H and O–H groups in total. The number of nitrogens with zero attached hydrogens (tertiary/aromatic N) is 5. The molecule has 3 fully saturated rings. The lowest BCUT2D eigenvalue weighted by Crippen LogP contribution is -2.54. The fourth-order valence-electron chi connectivity index (χ4n) is 5.12. The molecule has 2 saturated carbocycles. The van der Waals surface area contributed by atoms with Crippen LogP contribution in [0.3, 0.4) is 0 Å². The third-order valence-electron chi connectivity index (χ3n) is 7.22. The third kappa shape index (κ3) is 3.62. The molecule has 166 valence electrons. The second-order valence-corrected chi connectivity index (χ2v) is 9.68. The fraction of sp³-hybridized carbons (Fsp3) is 0.407. The standard InChI is InChI=1S/C27H27N5O/c1-17-16-31(11-12-32(17)27(33)19-7-8-19)26-21(14-28)13-24(25(30-26)18-5-6-18)23-4-2-3-20-15-29-10-9-22(20)23/h2-4,9-10,13,15,17-19H,5-8,11-12,16H2,1H3. The van der Waals surface area contributed by atoms with Gasteiger partial charge in [-0.15, -0.1) is 0 Å². The zero-order valence-corrected chi connectivity index (χ0v) is 18.9. The topological polar surface area (TPSA) is 73.1 Å². The number of hydrogen-bond acceptors (Lipinski definition) is 5. The number of benzene rings is 1. The molecule has 2 aliphatic carbocycles. The molecule has 1 saturated heterocycles. The van der Waals surface area contributed by atoms with Gasteiger partial charge in [-0.2, -0.15) is 5.26 Å². The summed E-state index contributed by atoms with van der Waals surface area (Å²) in [5.41, 5.74) is 3.87. The minimum absolute atomic E-state index is 0.120. The number of pyridine rings is 2. The number of fused-ring (bicyclic) bond motifs is 1. The van der Waals surface area contributed by atoms with E-state index in [-0.39, 0.29) is 12.0 Å². The van der Waals surface area contributed by atoms with Crippen LogP contribution >= 0.6 is 0 Å². The Labute approximate surface area is 193 Å². The Morgan fingerprint density at radius 2 is 1.97 bits per heavy atom. The van der Waals surface area contributed by atoms with Crippen LogP contribution in [-0.4, -0.2) is 46.5 Å². The molecule has 3 aliphatic rings. The Kier molecular flexibility index (Phi) is 4.79. The average molecular weight is 438 g/mol. The Bertz CT molecular complexity index is 1280.